The Bertz CT molecular complexity index is 324. The van der Waals surface area contributed by atoms with Gasteiger partial charge in [0.1, 0.15) is 5.78 Å². The molecular formula is C10H19NO3S. The molecule has 0 radical (unpaired) electrons. The fourth-order valence-corrected chi connectivity index (χ4v) is 2.91. The molecule has 5 heteroatoms. The molecule has 1 heterocycles. The maximum Gasteiger partial charge on any atom is 0.211 e. The van der Waals surface area contributed by atoms with E-state index in [1.165, 1.54) is 10.6 Å². The Morgan fingerprint density at radius 2 is 2.13 bits per heavy atom. The first-order valence-corrected chi connectivity index (χ1v) is 7.19. The monoisotopic (exact) mass is 233 g/mol. The normalized spacial score (nSPS) is 24.0. The van der Waals surface area contributed by atoms with Gasteiger partial charge in [-0.2, -0.15) is 0 Å². The molecule has 1 fully saturated rings. The molecule has 1 aliphatic rings. The number of hydrogen-bond donors (Lipinski definition) is 0. The van der Waals surface area contributed by atoms with E-state index in [0.29, 0.717) is 25.4 Å². The highest BCUT2D eigenvalue weighted by Crippen LogP contribution is 2.22. The maximum absolute atomic E-state index is 11.3. The first kappa shape index (κ1) is 12.6. The van der Waals surface area contributed by atoms with Gasteiger partial charge in [-0.25, -0.2) is 12.7 Å². The molecule has 4 nitrogen and oxygen atoms in total. The number of rotatable bonds is 4. The summed E-state index contributed by atoms with van der Waals surface area (Å²) in [7, 11) is -3.05. The van der Waals surface area contributed by atoms with Crippen LogP contribution in [-0.2, 0) is 14.8 Å². The predicted molar refractivity (Wildman–Crippen MR) is 59.1 cm³/mol. The van der Waals surface area contributed by atoms with Gasteiger partial charge in [0, 0.05) is 19.5 Å². The van der Waals surface area contributed by atoms with Crippen molar-refractivity contribution >= 4 is 15.8 Å². The van der Waals surface area contributed by atoms with Crippen molar-refractivity contribution in [2.45, 2.75) is 32.6 Å². The van der Waals surface area contributed by atoms with Gasteiger partial charge in [0.2, 0.25) is 10.0 Å². The van der Waals surface area contributed by atoms with E-state index >= 15 is 0 Å². The molecule has 0 aliphatic carbocycles. The molecule has 0 aromatic rings. The quantitative estimate of drug-likeness (QED) is 0.728. The molecule has 1 atom stereocenters. The van der Waals surface area contributed by atoms with Crippen LogP contribution in [0.5, 0.6) is 0 Å². The van der Waals surface area contributed by atoms with E-state index in [1.807, 2.05) is 0 Å². The van der Waals surface area contributed by atoms with Gasteiger partial charge in [-0.1, -0.05) is 0 Å². The van der Waals surface area contributed by atoms with Crippen molar-refractivity contribution in [1.29, 1.82) is 0 Å². The van der Waals surface area contributed by atoms with Crippen LogP contribution in [0.25, 0.3) is 0 Å². The number of piperidine rings is 1. The third-order valence-corrected chi connectivity index (χ3v) is 4.13. The van der Waals surface area contributed by atoms with Crippen LogP contribution in [0.15, 0.2) is 0 Å². The van der Waals surface area contributed by atoms with Crippen LogP contribution in [0.1, 0.15) is 32.6 Å². The fraction of sp³-hybridized carbons (Fsp3) is 0.900. The topological polar surface area (TPSA) is 54.5 Å². The summed E-state index contributed by atoms with van der Waals surface area (Å²) in [4.78, 5) is 10.8. The van der Waals surface area contributed by atoms with Gasteiger partial charge in [-0.05, 0) is 32.1 Å². The second-order valence-corrected chi connectivity index (χ2v) is 6.35. The van der Waals surface area contributed by atoms with Gasteiger partial charge in [0.25, 0.3) is 0 Å². The second kappa shape index (κ2) is 5.07. The minimum absolute atomic E-state index is 0.187. The first-order valence-electron chi connectivity index (χ1n) is 5.34. The highest BCUT2D eigenvalue weighted by atomic mass is 32.2. The van der Waals surface area contributed by atoms with Gasteiger partial charge < -0.3 is 4.79 Å². The van der Waals surface area contributed by atoms with Crippen LogP contribution < -0.4 is 0 Å². The van der Waals surface area contributed by atoms with Crippen LogP contribution >= 0.6 is 0 Å². The Labute approximate surface area is 91.7 Å². The van der Waals surface area contributed by atoms with Crippen LogP contribution in [0.2, 0.25) is 0 Å². The molecule has 0 aromatic heterocycles. The number of carbonyl (C=O) groups excluding carboxylic acids is 1. The van der Waals surface area contributed by atoms with Crippen molar-refractivity contribution < 1.29 is 13.2 Å². The molecule has 0 saturated carbocycles. The number of carbonyl (C=O) groups is 1. The molecule has 1 aliphatic heterocycles. The van der Waals surface area contributed by atoms with Gasteiger partial charge >= 0.3 is 0 Å². The third kappa shape index (κ3) is 4.30. The lowest BCUT2D eigenvalue weighted by atomic mass is 9.94. The average Bonchev–Trinajstić information content (AvgIpc) is 2.14. The number of sulfonamides is 1. The fourth-order valence-electron chi connectivity index (χ4n) is 1.97. The van der Waals surface area contributed by atoms with Gasteiger partial charge in [-0.3, -0.25) is 0 Å². The summed E-state index contributed by atoms with van der Waals surface area (Å²) in [6.45, 7) is 2.80. The maximum atomic E-state index is 11.3. The van der Waals surface area contributed by atoms with Crippen LogP contribution in [0.3, 0.4) is 0 Å². The summed E-state index contributed by atoms with van der Waals surface area (Å²) in [6, 6.07) is 0. The van der Waals surface area contributed by atoms with Crippen molar-refractivity contribution in [1.82, 2.24) is 4.31 Å². The highest BCUT2D eigenvalue weighted by molar-refractivity contribution is 7.88. The highest BCUT2D eigenvalue weighted by Gasteiger charge is 2.25. The van der Waals surface area contributed by atoms with E-state index in [4.69, 9.17) is 0 Å². The molecule has 0 N–H and O–H groups in total. The van der Waals surface area contributed by atoms with E-state index in [9.17, 15) is 13.2 Å². The molecule has 0 spiro atoms. The number of nitrogens with zero attached hydrogens (tertiary/aromatic N) is 1. The zero-order valence-electron chi connectivity index (χ0n) is 9.40. The minimum Gasteiger partial charge on any atom is -0.300 e. The molecule has 0 amide bonds. The van der Waals surface area contributed by atoms with Crippen molar-refractivity contribution in [3.05, 3.63) is 0 Å². The molecule has 0 bridgehead atoms. The summed E-state index contributed by atoms with van der Waals surface area (Å²) in [5, 5.41) is 0. The standard InChI is InChI=1S/C10H19NO3S/c1-9(12)5-6-10-4-3-7-11(8-10)15(2,13)14/h10H,3-8H2,1-2H3. The van der Waals surface area contributed by atoms with E-state index in [0.717, 1.165) is 19.3 Å². The molecular weight excluding hydrogens is 214 g/mol. The zero-order valence-corrected chi connectivity index (χ0v) is 10.2. The van der Waals surface area contributed by atoms with Crippen molar-refractivity contribution in [2.75, 3.05) is 19.3 Å². The summed E-state index contributed by atoms with van der Waals surface area (Å²) >= 11 is 0. The SMILES string of the molecule is CC(=O)CCC1CCCN(S(C)(=O)=O)C1. The Kier molecular flexibility index (Phi) is 4.28. The summed E-state index contributed by atoms with van der Waals surface area (Å²) in [5.74, 6) is 0.545. The van der Waals surface area contributed by atoms with Crippen molar-refractivity contribution in [2.24, 2.45) is 5.92 Å². The molecule has 0 aromatic carbocycles. The number of ketones is 1. The van der Waals surface area contributed by atoms with Crippen LogP contribution in [0.4, 0.5) is 0 Å². The van der Waals surface area contributed by atoms with E-state index in [1.54, 1.807) is 6.92 Å². The first-order chi connectivity index (χ1) is 6.89. The largest absolute Gasteiger partial charge is 0.300 e. The van der Waals surface area contributed by atoms with E-state index < -0.39 is 10.0 Å². The smallest absolute Gasteiger partial charge is 0.211 e. The number of hydrogen-bond acceptors (Lipinski definition) is 3. The zero-order chi connectivity index (χ0) is 11.5. The Hall–Kier alpha value is -0.420. The predicted octanol–water partition coefficient (Wildman–Crippen LogP) is 1.03. The van der Waals surface area contributed by atoms with Gasteiger partial charge in [0.05, 0.1) is 6.26 Å². The number of Topliss-reactive ketones (excluding diaryl/α,β-unsaturated/α-hetero) is 1. The third-order valence-electron chi connectivity index (χ3n) is 2.86. The van der Waals surface area contributed by atoms with Crippen LogP contribution in [-0.4, -0.2) is 37.9 Å². The summed E-state index contributed by atoms with van der Waals surface area (Å²) in [6.07, 6.45) is 4.60. The lowest BCUT2D eigenvalue weighted by molar-refractivity contribution is -0.117. The Morgan fingerprint density at radius 3 is 2.67 bits per heavy atom. The Morgan fingerprint density at radius 1 is 1.47 bits per heavy atom. The molecule has 1 unspecified atom stereocenters. The average molecular weight is 233 g/mol. The lowest BCUT2D eigenvalue weighted by Crippen LogP contribution is -2.39. The summed E-state index contributed by atoms with van der Waals surface area (Å²) < 4.78 is 24.2. The minimum atomic E-state index is -3.05. The molecule has 1 rings (SSSR count). The van der Waals surface area contributed by atoms with Crippen molar-refractivity contribution in [3.8, 4) is 0 Å². The molecule has 15 heavy (non-hydrogen) atoms. The van der Waals surface area contributed by atoms with E-state index in [-0.39, 0.29) is 5.78 Å². The van der Waals surface area contributed by atoms with Crippen molar-refractivity contribution in [3.63, 3.8) is 0 Å². The van der Waals surface area contributed by atoms with Gasteiger partial charge in [-0.15, -0.1) is 0 Å². The second-order valence-electron chi connectivity index (χ2n) is 4.37. The lowest BCUT2D eigenvalue weighted by Gasteiger charge is -2.30. The Balaban J connectivity index is 2.46. The van der Waals surface area contributed by atoms with Crippen LogP contribution in [0, 0.1) is 5.92 Å². The van der Waals surface area contributed by atoms with Gasteiger partial charge in [0.15, 0.2) is 0 Å². The van der Waals surface area contributed by atoms with E-state index in [2.05, 4.69) is 0 Å². The molecule has 1 saturated heterocycles. The molecule has 88 valence electrons. The summed E-state index contributed by atoms with van der Waals surface area (Å²) in [5.41, 5.74) is 0.